The zero-order valence-corrected chi connectivity index (χ0v) is 13.9. The minimum Gasteiger partial charge on any atom is -0.473 e. The highest BCUT2D eigenvalue weighted by Crippen LogP contribution is 2.25. The van der Waals surface area contributed by atoms with Gasteiger partial charge in [0.05, 0.1) is 12.7 Å². The first-order valence-electron chi connectivity index (χ1n) is 7.61. The van der Waals surface area contributed by atoms with Crippen molar-refractivity contribution in [2.45, 2.75) is 44.5 Å². The molecule has 0 N–H and O–H groups in total. The third kappa shape index (κ3) is 4.52. The Labute approximate surface area is 139 Å². The van der Waals surface area contributed by atoms with E-state index >= 15 is 0 Å². The predicted octanol–water partition coefficient (Wildman–Crippen LogP) is 4.15. The molecule has 0 atom stereocenters. The third-order valence-corrected chi connectivity index (χ3v) is 4.27. The minimum atomic E-state index is 0.215. The molecule has 0 saturated heterocycles. The molecule has 1 aliphatic rings. The van der Waals surface area contributed by atoms with Gasteiger partial charge < -0.3 is 9.47 Å². The van der Waals surface area contributed by atoms with E-state index in [0.29, 0.717) is 18.6 Å². The van der Waals surface area contributed by atoms with Gasteiger partial charge in [-0.2, -0.15) is 0 Å². The Balaban J connectivity index is 1.41. The average Bonchev–Trinajstić information content (AvgIpc) is 2.57. The maximum absolute atomic E-state index is 5.99. The molecule has 4 nitrogen and oxygen atoms in total. The molecule has 1 fully saturated rings. The fourth-order valence-electron chi connectivity index (χ4n) is 2.64. The van der Waals surface area contributed by atoms with Crippen molar-refractivity contribution in [2.24, 2.45) is 0 Å². The molecule has 22 heavy (non-hydrogen) atoms. The van der Waals surface area contributed by atoms with Gasteiger partial charge in [-0.25, -0.2) is 0 Å². The van der Waals surface area contributed by atoms with Gasteiger partial charge in [-0.15, -0.1) is 10.2 Å². The third-order valence-electron chi connectivity index (χ3n) is 3.84. The Morgan fingerprint density at radius 2 is 1.64 bits per heavy atom. The highest BCUT2D eigenvalue weighted by atomic mass is 79.9. The molecule has 0 amide bonds. The van der Waals surface area contributed by atoms with Crippen molar-refractivity contribution in [1.29, 1.82) is 0 Å². The van der Waals surface area contributed by atoms with Crippen LogP contribution in [-0.4, -0.2) is 22.4 Å². The van der Waals surface area contributed by atoms with Crippen molar-refractivity contribution in [1.82, 2.24) is 10.2 Å². The lowest BCUT2D eigenvalue weighted by Gasteiger charge is -2.28. The largest absolute Gasteiger partial charge is 0.473 e. The van der Waals surface area contributed by atoms with Crippen LogP contribution in [0.5, 0.6) is 5.88 Å². The standard InChI is InChI=1S/C17H19BrN2O2/c18-16-10-11-17(20-19-16)22-15-8-6-14(7-9-15)21-12-13-4-2-1-3-5-13/h1-5,10-11,14-15H,6-9,12H2. The summed E-state index contributed by atoms with van der Waals surface area (Å²) in [4.78, 5) is 0. The van der Waals surface area contributed by atoms with Crippen LogP contribution < -0.4 is 4.74 Å². The zero-order chi connectivity index (χ0) is 15.2. The summed E-state index contributed by atoms with van der Waals surface area (Å²) in [5, 5.41) is 7.96. The summed E-state index contributed by atoms with van der Waals surface area (Å²) in [6, 6.07) is 14.0. The molecule has 1 aromatic heterocycles. The van der Waals surface area contributed by atoms with Gasteiger partial charge in [0.2, 0.25) is 5.88 Å². The molecule has 1 heterocycles. The van der Waals surface area contributed by atoms with E-state index in [-0.39, 0.29) is 6.10 Å². The molecule has 1 aliphatic carbocycles. The maximum atomic E-state index is 5.99. The van der Waals surface area contributed by atoms with Crippen LogP contribution in [0.1, 0.15) is 31.2 Å². The second-order valence-electron chi connectivity index (χ2n) is 5.51. The zero-order valence-electron chi connectivity index (χ0n) is 12.3. The Hall–Kier alpha value is -1.46. The Morgan fingerprint density at radius 1 is 0.909 bits per heavy atom. The predicted molar refractivity (Wildman–Crippen MR) is 87.6 cm³/mol. The van der Waals surface area contributed by atoms with Crippen molar-refractivity contribution in [3.8, 4) is 5.88 Å². The van der Waals surface area contributed by atoms with E-state index in [4.69, 9.17) is 9.47 Å². The smallest absolute Gasteiger partial charge is 0.233 e. The summed E-state index contributed by atoms with van der Waals surface area (Å²) in [6.45, 7) is 0.690. The van der Waals surface area contributed by atoms with Crippen LogP contribution in [0.25, 0.3) is 0 Å². The summed E-state index contributed by atoms with van der Waals surface area (Å²) in [7, 11) is 0. The van der Waals surface area contributed by atoms with Crippen molar-refractivity contribution >= 4 is 15.9 Å². The van der Waals surface area contributed by atoms with Crippen LogP contribution in [0.15, 0.2) is 47.1 Å². The van der Waals surface area contributed by atoms with Crippen LogP contribution in [0.3, 0.4) is 0 Å². The SMILES string of the molecule is Brc1ccc(OC2CCC(OCc3ccccc3)CC2)nn1. The molecule has 0 aliphatic heterocycles. The molecule has 5 heteroatoms. The van der Waals surface area contributed by atoms with Crippen molar-refractivity contribution in [3.63, 3.8) is 0 Å². The van der Waals surface area contributed by atoms with E-state index < -0.39 is 0 Å². The van der Waals surface area contributed by atoms with Crippen LogP contribution >= 0.6 is 15.9 Å². The number of hydrogen-bond acceptors (Lipinski definition) is 4. The van der Waals surface area contributed by atoms with Crippen LogP contribution in [0.4, 0.5) is 0 Å². The van der Waals surface area contributed by atoms with Crippen LogP contribution in [0.2, 0.25) is 0 Å². The van der Waals surface area contributed by atoms with Gasteiger partial charge in [0, 0.05) is 6.07 Å². The maximum Gasteiger partial charge on any atom is 0.233 e. The van der Waals surface area contributed by atoms with Gasteiger partial charge in [0.25, 0.3) is 0 Å². The summed E-state index contributed by atoms with van der Waals surface area (Å²) in [5.41, 5.74) is 1.23. The number of benzene rings is 1. The molecule has 3 rings (SSSR count). The molecule has 1 saturated carbocycles. The molecule has 0 unspecified atom stereocenters. The molecule has 0 radical (unpaired) electrons. The second-order valence-corrected chi connectivity index (χ2v) is 6.32. The van der Waals surface area contributed by atoms with E-state index in [1.54, 1.807) is 0 Å². The minimum absolute atomic E-state index is 0.215. The normalized spacial score (nSPS) is 21.5. The lowest BCUT2D eigenvalue weighted by atomic mass is 9.95. The first kappa shape index (κ1) is 15.4. The lowest BCUT2D eigenvalue weighted by Crippen LogP contribution is -2.28. The molecule has 1 aromatic carbocycles. The lowest BCUT2D eigenvalue weighted by molar-refractivity contribution is -0.00748. The topological polar surface area (TPSA) is 44.2 Å². The van der Waals surface area contributed by atoms with Gasteiger partial charge in [0.1, 0.15) is 10.7 Å². The Kier molecular flexibility index (Phi) is 5.40. The first-order valence-corrected chi connectivity index (χ1v) is 8.40. The summed E-state index contributed by atoms with van der Waals surface area (Å²) in [5.74, 6) is 0.594. The Morgan fingerprint density at radius 3 is 2.32 bits per heavy atom. The quantitative estimate of drug-likeness (QED) is 0.801. The summed E-state index contributed by atoms with van der Waals surface area (Å²) < 4.78 is 12.6. The number of halogens is 1. The van der Waals surface area contributed by atoms with E-state index in [9.17, 15) is 0 Å². The van der Waals surface area contributed by atoms with Gasteiger partial charge >= 0.3 is 0 Å². The van der Waals surface area contributed by atoms with Crippen molar-refractivity contribution in [3.05, 3.63) is 52.6 Å². The number of hydrogen-bond donors (Lipinski definition) is 0. The molecular formula is C17H19BrN2O2. The molecule has 0 spiro atoms. The van der Waals surface area contributed by atoms with Crippen LogP contribution in [0, 0.1) is 0 Å². The number of aromatic nitrogens is 2. The monoisotopic (exact) mass is 362 g/mol. The Bertz CT molecular complexity index is 569. The van der Waals surface area contributed by atoms with E-state index in [1.807, 2.05) is 30.3 Å². The van der Waals surface area contributed by atoms with Crippen molar-refractivity contribution < 1.29 is 9.47 Å². The number of nitrogens with zero attached hydrogens (tertiary/aromatic N) is 2. The molecular weight excluding hydrogens is 344 g/mol. The van der Waals surface area contributed by atoms with Gasteiger partial charge in [0.15, 0.2) is 0 Å². The van der Waals surface area contributed by atoms with E-state index in [2.05, 4.69) is 38.3 Å². The first-order chi connectivity index (χ1) is 10.8. The van der Waals surface area contributed by atoms with Gasteiger partial charge in [-0.05, 0) is 53.2 Å². The molecule has 2 aromatic rings. The van der Waals surface area contributed by atoms with Gasteiger partial charge in [-0.3, -0.25) is 0 Å². The highest BCUT2D eigenvalue weighted by molar-refractivity contribution is 9.10. The fraction of sp³-hybridized carbons (Fsp3) is 0.412. The van der Waals surface area contributed by atoms with E-state index in [0.717, 1.165) is 30.3 Å². The van der Waals surface area contributed by atoms with Gasteiger partial charge in [-0.1, -0.05) is 30.3 Å². The summed E-state index contributed by atoms with van der Waals surface area (Å²) >= 11 is 3.27. The molecule has 0 bridgehead atoms. The molecule has 116 valence electrons. The highest BCUT2D eigenvalue weighted by Gasteiger charge is 2.23. The average molecular weight is 363 g/mol. The number of rotatable bonds is 5. The number of ether oxygens (including phenoxy) is 2. The fourth-order valence-corrected chi connectivity index (χ4v) is 2.85. The second kappa shape index (κ2) is 7.70. The van der Waals surface area contributed by atoms with E-state index in [1.165, 1.54) is 5.56 Å². The summed E-state index contributed by atoms with van der Waals surface area (Å²) in [6.07, 6.45) is 4.60. The van der Waals surface area contributed by atoms with Crippen molar-refractivity contribution in [2.75, 3.05) is 0 Å². The van der Waals surface area contributed by atoms with Crippen LogP contribution in [-0.2, 0) is 11.3 Å².